The fourth-order valence-corrected chi connectivity index (χ4v) is 3.88. The largest absolute Gasteiger partial charge is 0.492 e. The lowest BCUT2D eigenvalue weighted by atomic mass is 9.82. The van der Waals surface area contributed by atoms with Crippen molar-refractivity contribution in [3.8, 4) is 11.4 Å². The maximum atomic E-state index is 12.9. The Kier molecular flexibility index (Phi) is 5.35. The SMILES string of the molecule is CCOc1ccc(-n2cnnc2)cc1NC(=O)[C@H]1CC[C@H]2OCCN[C@@H]2C1. The minimum absolute atomic E-state index is 0.0303. The Morgan fingerprint density at radius 2 is 2.22 bits per heavy atom. The number of nitrogens with one attached hydrogen (secondary N) is 2. The lowest BCUT2D eigenvalue weighted by Gasteiger charge is -2.39. The molecule has 1 aromatic carbocycles. The summed E-state index contributed by atoms with van der Waals surface area (Å²) in [6, 6.07) is 5.93. The van der Waals surface area contributed by atoms with E-state index in [0.29, 0.717) is 18.0 Å². The fraction of sp³-hybridized carbons (Fsp3) is 0.526. The Morgan fingerprint density at radius 3 is 3.04 bits per heavy atom. The van der Waals surface area contributed by atoms with Gasteiger partial charge in [-0.3, -0.25) is 9.36 Å². The minimum atomic E-state index is -0.0338. The van der Waals surface area contributed by atoms with Crippen LogP contribution in [0.4, 0.5) is 5.69 Å². The van der Waals surface area contributed by atoms with Gasteiger partial charge in [-0.2, -0.15) is 0 Å². The summed E-state index contributed by atoms with van der Waals surface area (Å²) < 4.78 is 13.3. The van der Waals surface area contributed by atoms with Crippen molar-refractivity contribution in [2.45, 2.75) is 38.3 Å². The average molecular weight is 371 g/mol. The van der Waals surface area contributed by atoms with Crippen LogP contribution in [0.5, 0.6) is 5.75 Å². The maximum Gasteiger partial charge on any atom is 0.227 e. The second-order valence-corrected chi connectivity index (χ2v) is 6.95. The number of morpholine rings is 1. The number of aromatic nitrogens is 3. The second-order valence-electron chi connectivity index (χ2n) is 6.95. The normalized spacial score (nSPS) is 24.9. The average Bonchev–Trinajstić information content (AvgIpc) is 3.24. The Labute approximate surface area is 158 Å². The standard InChI is InChI=1S/C19H25N5O3/c1-2-26-18-6-4-14(24-11-21-22-12-24)10-16(18)23-19(25)13-3-5-17-15(9-13)20-7-8-27-17/h4,6,10-13,15,17,20H,2-3,5,7-9H2,1H3,(H,23,25)/t13-,15+,17+/m0/s1. The molecule has 0 spiro atoms. The molecule has 2 heterocycles. The fourth-order valence-electron chi connectivity index (χ4n) is 3.88. The van der Waals surface area contributed by atoms with Crippen molar-refractivity contribution >= 4 is 11.6 Å². The van der Waals surface area contributed by atoms with Crippen molar-refractivity contribution < 1.29 is 14.3 Å². The van der Waals surface area contributed by atoms with Gasteiger partial charge in [-0.25, -0.2) is 0 Å². The van der Waals surface area contributed by atoms with E-state index in [4.69, 9.17) is 9.47 Å². The van der Waals surface area contributed by atoms with Crippen molar-refractivity contribution in [2.24, 2.45) is 5.92 Å². The molecule has 0 bridgehead atoms. The van der Waals surface area contributed by atoms with Crippen LogP contribution in [-0.2, 0) is 9.53 Å². The molecule has 27 heavy (non-hydrogen) atoms. The zero-order chi connectivity index (χ0) is 18.6. The molecule has 144 valence electrons. The first-order chi connectivity index (χ1) is 13.2. The molecule has 4 rings (SSSR count). The number of nitrogens with zero attached hydrogens (tertiary/aromatic N) is 3. The van der Waals surface area contributed by atoms with Gasteiger partial charge in [0.2, 0.25) is 5.91 Å². The number of hydrogen-bond acceptors (Lipinski definition) is 6. The van der Waals surface area contributed by atoms with Gasteiger partial charge in [0.25, 0.3) is 0 Å². The molecule has 0 radical (unpaired) electrons. The summed E-state index contributed by atoms with van der Waals surface area (Å²) in [4.78, 5) is 12.9. The van der Waals surface area contributed by atoms with Gasteiger partial charge in [-0.1, -0.05) is 0 Å². The summed E-state index contributed by atoms with van der Waals surface area (Å²) in [6.07, 6.45) is 6.03. The van der Waals surface area contributed by atoms with E-state index < -0.39 is 0 Å². The molecule has 1 aliphatic heterocycles. The van der Waals surface area contributed by atoms with Gasteiger partial charge in [0, 0.05) is 18.5 Å². The number of carbonyl (C=O) groups is 1. The van der Waals surface area contributed by atoms with E-state index in [1.54, 1.807) is 17.2 Å². The summed E-state index contributed by atoms with van der Waals surface area (Å²) in [6.45, 7) is 4.06. The topological polar surface area (TPSA) is 90.3 Å². The van der Waals surface area contributed by atoms with Gasteiger partial charge >= 0.3 is 0 Å². The van der Waals surface area contributed by atoms with E-state index >= 15 is 0 Å². The molecule has 1 saturated heterocycles. The van der Waals surface area contributed by atoms with Crippen LogP contribution in [-0.4, -0.2) is 52.6 Å². The first kappa shape index (κ1) is 17.9. The molecule has 8 heteroatoms. The van der Waals surface area contributed by atoms with Gasteiger partial charge in [0.05, 0.1) is 30.7 Å². The number of rotatable bonds is 5. The van der Waals surface area contributed by atoms with E-state index in [0.717, 1.165) is 38.1 Å². The first-order valence-corrected chi connectivity index (χ1v) is 9.52. The summed E-state index contributed by atoms with van der Waals surface area (Å²) >= 11 is 0. The van der Waals surface area contributed by atoms with Crippen LogP contribution in [0.15, 0.2) is 30.9 Å². The molecule has 1 amide bonds. The number of fused-ring (bicyclic) bond motifs is 1. The van der Waals surface area contributed by atoms with E-state index in [1.165, 1.54) is 0 Å². The maximum absolute atomic E-state index is 12.9. The highest BCUT2D eigenvalue weighted by Crippen LogP contribution is 2.32. The van der Waals surface area contributed by atoms with Crippen LogP contribution in [0.1, 0.15) is 26.2 Å². The highest BCUT2D eigenvalue weighted by molar-refractivity contribution is 5.94. The van der Waals surface area contributed by atoms with Crippen molar-refractivity contribution in [2.75, 3.05) is 25.1 Å². The van der Waals surface area contributed by atoms with Crippen LogP contribution in [0.2, 0.25) is 0 Å². The molecular weight excluding hydrogens is 346 g/mol. The van der Waals surface area contributed by atoms with Gasteiger partial charge < -0.3 is 20.1 Å². The molecule has 8 nitrogen and oxygen atoms in total. The highest BCUT2D eigenvalue weighted by Gasteiger charge is 2.36. The third kappa shape index (κ3) is 3.96. The monoisotopic (exact) mass is 371 g/mol. The van der Waals surface area contributed by atoms with Crippen LogP contribution in [0.25, 0.3) is 5.69 Å². The number of amides is 1. The molecular formula is C19H25N5O3. The Hall–Kier alpha value is -2.45. The predicted octanol–water partition coefficient (Wildman–Crippen LogP) is 1.76. The quantitative estimate of drug-likeness (QED) is 0.832. The summed E-state index contributed by atoms with van der Waals surface area (Å²) in [5, 5.41) is 14.2. The third-order valence-corrected chi connectivity index (χ3v) is 5.24. The molecule has 2 aromatic rings. The number of hydrogen-bond donors (Lipinski definition) is 2. The summed E-state index contributed by atoms with van der Waals surface area (Å²) in [5.41, 5.74) is 1.54. The summed E-state index contributed by atoms with van der Waals surface area (Å²) in [7, 11) is 0. The van der Waals surface area contributed by atoms with E-state index in [-0.39, 0.29) is 24.0 Å². The Bertz CT molecular complexity index is 780. The number of anilines is 1. The third-order valence-electron chi connectivity index (χ3n) is 5.24. The molecule has 1 aromatic heterocycles. The van der Waals surface area contributed by atoms with Gasteiger partial charge in [0.15, 0.2) is 0 Å². The smallest absolute Gasteiger partial charge is 0.227 e. The minimum Gasteiger partial charge on any atom is -0.492 e. The Morgan fingerprint density at radius 1 is 1.37 bits per heavy atom. The van der Waals surface area contributed by atoms with E-state index in [1.807, 2.05) is 25.1 Å². The van der Waals surface area contributed by atoms with Gasteiger partial charge in [-0.15, -0.1) is 10.2 Å². The highest BCUT2D eigenvalue weighted by atomic mass is 16.5. The van der Waals surface area contributed by atoms with Crippen LogP contribution in [0.3, 0.4) is 0 Å². The van der Waals surface area contributed by atoms with Gasteiger partial charge in [-0.05, 0) is 44.4 Å². The van der Waals surface area contributed by atoms with Crippen LogP contribution < -0.4 is 15.4 Å². The van der Waals surface area contributed by atoms with Gasteiger partial charge in [0.1, 0.15) is 18.4 Å². The van der Waals surface area contributed by atoms with Crippen molar-refractivity contribution in [3.63, 3.8) is 0 Å². The van der Waals surface area contributed by atoms with Crippen molar-refractivity contribution in [1.82, 2.24) is 20.1 Å². The number of carbonyl (C=O) groups excluding carboxylic acids is 1. The van der Waals surface area contributed by atoms with Crippen LogP contribution in [0, 0.1) is 5.92 Å². The number of benzene rings is 1. The lowest BCUT2D eigenvalue weighted by Crippen LogP contribution is -2.52. The van der Waals surface area contributed by atoms with Crippen LogP contribution >= 0.6 is 0 Å². The molecule has 2 N–H and O–H groups in total. The van der Waals surface area contributed by atoms with E-state index in [9.17, 15) is 4.79 Å². The Balaban J connectivity index is 1.50. The zero-order valence-corrected chi connectivity index (χ0v) is 15.4. The number of ether oxygens (including phenoxy) is 2. The molecule has 3 atom stereocenters. The molecule has 0 unspecified atom stereocenters. The predicted molar refractivity (Wildman–Crippen MR) is 100 cm³/mol. The van der Waals surface area contributed by atoms with Crippen molar-refractivity contribution in [3.05, 3.63) is 30.9 Å². The molecule has 1 saturated carbocycles. The first-order valence-electron chi connectivity index (χ1n) is 9.52. The van der Waals surface area contributed by atoms with E-state index in [2.05, 4.69) is 20.8 Å². The summed E-state index contributed by atoms with van der Waals surface area (Å²) in [5.74, 6) is 0.659. The zero-order valence-electron chi connectivity index (χ0n) is 15.4. The molecule has 1 aliphatic carbocycles. The molecule has 2 aliphatic rings. The van der Waals surface area contributed by atoms with Crippen molar-refractivity contribution in [1.29, 1.82) is 0 Å². The lowest BCUT2D eigenvalue weighted by molar-refractivity contribution is -0.123. The molecule has 2 fully saturated rings. The second kappa shape index (κ2) is 8.06.